The highest BCUT2D eigenvalue weighted by molar-refractivity contribution is 5.15. The lowest BCUT2D eigenvalue weighted by molar-refractivity contribution is 0.248. The van der Waals surface area contributed by atoms with Gasteiger partial charge in [0.1, 0.15) is 0 Å². The first-order valence-electron chi connectivity index (χ1n) is 6.34. The van der Waals surface area contributed by atoms with Gasteiger partial charge in [0.2, 0.25) is 0 Å². The first-order valence-corrected chi connectivity index (χ1v) is 6.34. The van der Waals surface area contributed by atoms with Crippen LogP contribution in [0.1, 0.15) is 51.9 Å². The number of rotatable bonds is 4. The minimum absolute atomic E-state index is 0.731. The predicted molar refractivity (Wildman–Crippen MR) is 61.4 cm³/mol. The van der Waals surface area contributed by atoms with E-state index in [2.05, 4.69) is 18.3 Å². The zero-order chi connectivity index (χ0) is 9.80. The maximum atomic E-state index is 3.69. The molecule has 0 amide bonds. The number of likely N-dealkylation sites (N-methyl/N-ethyl adjacent to an activating group) is 1. The summed E-state index contributed by atoms with van der Waals surface area (Å²) in [6.45, 7) is 3.35. The number of nitrogens with one attached hydrogen (secondary N) is 1. The van der Waals surface area contributed by atoms with Crippen LogP contribution in [0.4, 0.5) is 0 Å². The Morgan fingerprint density at radius 3 is 2.71 bits per heavy atom. The van der Waals surface area contributed by atoms with E-state index in [0.717, 1.165) is 18.5 Å². The van der Waals surface area contributed by atoms with Crippen LogP contribution in [0.15, 0.2) is 11.6 Å². The molecule has 1 atom stereocenters. The Labute approximate surface area is 88.0 Å². The smallest absolute Gasteiger partial charge is 0.0307 e. The lowest BCUT2D eigenvalue weighted by atomic mass is 9.75. The van der Waals surface area contributed by atoms with Crippen molar-refractivity contribution in [3.63, 3.8) is 0 Å². The van der Waals surface area contributed by atoms with Gasteiger partial charge in [-0.15, -0.1) is 0 Å². The van der Waals surface area contributed by atoms with Crippen molar-refractivity contribution < 1.29 is 0 Å². The second-order valence-corrected chi connectivity index (χ2v) is 4.75. The SMILES string of the molecule is CCNC(C1=CCCCC1)C1CCC1. The van der Waals surface area contributed by atoms with Crippen molar-refractivity contribution in [2.75, 3.05) is 6.54 Å². The van der Waals surface area contributed by atoms with Crippen molar-refractivity contribution in [2.45, 2.75) is 57.9 Å². The van der Waals surface area contributed by atoms with Crippen LogP contribution in [-0.4, -0.2) is 12.6 Å². The Balaban J connectivity index is 1.96. The fraction of sp³-hybridized carbons (Fsp3) is 0.846. The van der Waals surface area contributed by atoms with E-state index in [9.17, 15) is 0 Å². The minimum Gasteiger partial charge on any atom is -0.310 e. The fourth-order valence-corrected chi connectivity index (χ4v) is 2.74. The van der Waals surface area contributed by atoms with Crippen molar-refractivity contribution in [3.05, 3.63) is 11.6 Å². The molecule has 0 heterocycles. The quantitative estimate of drug-likeness (QED) is 0.676. The first-order chi connectivity index (χ1) is 6.92. The minimum atomic E-state index is 0.731. The molecule has 2 rings (SSSR count). The Hall–Kier alpha value is -0.300. The van der Waals surface area contributed by atoms with E-state index >= 15 is 0 Å². The summed E-state index contributed by atoms with van der Waals surface area (Å²) in [6.07, 6.45) is 12.4. The van der Waals surface area contributed by atoms with Crippen molar-refractivity contribution in [3.8, 4) is 0 Å². The molecule has 1 fully saturated rings. The molecule has 0 aliphatic heterocycles. The highest BCUT2D eigenvalue weighted by Gasteiger charge is 2.29. The summed E-state index contributed by atoms with van der Waals surface area (Å²) in [6, 6.07) is 0.731. The van der Waals surface area contributed by atoms with Crippen LogP contribution in [0.25, 0.3) is 0 Å². The topological polar surface area (TPSA) is 12.0 Å². The van der Waals surface area contributed by atoms with Gasteiger partial charge in [0.25, 0.3) is 0 Å². The average Bonchev–Trinajstić information content (AvgIpc) is 2.16. The molecule has 0 aromatic heterocycles. The molecule has 0 spiro atoms. The van der Waals surface area contributed by atoms with Crippen molar-refractivity contribution in [1.29, 1.82) is 0 Å². The molecular weight excluding hydrogens is 170 g/mol. The summed E-state index contributed by atoms with van der Waals surface area (Å²) >= 11 is 0. The van der Waals surface area contributed by atoms with Crippen LogP contribution in [0.2, 0.25) is 0 Å². The summed E-state index contributed by atoms with van der Waals surface area (Å²) in [5, 5.41) is 3.69. The van der Waals surface area contributed by atoms with E-state index in [4.69, 9.17) is 0 Å². The lowest BCUT2D eigenvalue weighted by Crippen LogP contribution is -2.41. The number of allylic oxidation sites excluding steroid dienone is 1. The predicted octanol–water partition coefficient (Wildman–Crippen LogP) is 3.27. The molecule has 0 saturated heterocycles. The van der Waals surface area contributed by atoms with Gasteiger partial charge >= 0.3 is 0 Å². The van der Waals surface area contributed by atoms with E-state index in [0.29, 0.717) is 0 Å². The molecular formula is C13H23N. The zero-order valence-corrected chi connectivity index (χ0v) is 9.39. The first kappa shape index (κ1) is 10.2. The van der Waals surface area contributed by atoms with Crippen LogP contribution in [0.3, 0.4) is 0 Å². The van der Waals surface area contributed by atoms with Crippen LogP contribution in [0.5, 0.6) is 0 Å². The molecule has 14 heavy (non-hydrogen) atoms. The molecule has 1 nitrogen and oxygen atoms in total. The van der Waals surface area contributed by atoms with Gasteiger partial charge in [0.05, 0.1) is 0 Å². The van der Waals surface area contributed by atoms with Crippen LogP contribution < -0.4 is 5.32 Å². The summed E-state index contributed by atoms with van der Waals surface area (Å²) < 4.78 is 0. The van der Waals surface area contributed by atoms with E-state index in [1.165, 1.54) is 44.9 Å². The highest BCUT2D eigenvalue weighted by Crippen LogP contribution is 2.35. The van der Waals surface area contributed by atoms with E-state index < -0.39 is 0 Å². The van der Waals surface area contributed by atoms with E-state index in [-0.39, 0.29) is 0 Å². The van der Waals surface area contributed by atoms with Gasteiger partial charge in [-0.2, -0.15) is 0 Å². The molecule has 1 unspecified atom stereocenters. The van der Waals surface area contributed by atoms with Gasteiger partial charge in [0, 0.05) is 6.04 Å². The van der Waals surface area contributed by atoms with Crippen molar-refractivity contribution in [1.82, 2.24) is 5.32 Å². The third kappa shape index (κ3) is 2.20. The third-order valence-corrected chi connectivity index (χ3v) is 3.77. The molecule has 80 valence electrons. The zero-order valence-electron chi connectivity index (χ0n) is 9.39. The van der Waals surface area contributed by atoms with Gasteiger partial charge in [-0.05, 0) is 51.0 Å². The molecule has 1 heteroatoms. The van der Waals surface area contributed by atoms with Crippen LogP contribution in [-0.2, 0) is 0 Å². The summed E-state index contributed by atoms with van der Waals surface area (Å²) in [5.74, 6) is 0.958. The largest absolute Gasteiger partial charge is 0.310 e. The third-order valence-electron chi connectivity index (χ3n) is 3.77. The Morgan fingerprint density at radius 1 is 1.36 bits per heavy atom. The van der Waals surface area contributed by atoms with Gasteiger partial charge in [-0.1, -0.05) is 25.0 Å². The molecule has 2 aliphatic rings. The standard InChI is InChI=1S/C13H23N/c1-2-14-13(12-9-6-10-12)11-7-4-3-5-8-11/h7,12-14H,2-6,8-10H2,1H3. The van der Waals surface area contributed by atoms with Gasteiger partial charge in [0.15, 0.2) is 0 Å². The van der Waals surface area contributed by atoms with Gasteiger partial charge < -0.3 is 5.32 Å². The number of hydrogen-bond acceptors (Lipinski definition) is 1. The summed E-state index contributed by atoms with van der Waals surface area (Å²) in [7, 11) is 0. The average molecular weight is 193 g/mol. The molecule has 1 N–H and O–H groups in total. The van der Waals surface area contributed by atoms with Crippen LogP contribution >= 0.6 is 0 Å². The van der Waals surface area contributed by atoms with E-state index in [1.54, 1.807) is 5.57 Å². The van der Waals surface area contributed by atoms with Crippen molar-refractivity contribution in [2.24, 2.45) is 5.92 Å². The summed E-state index contributed by atoms with van der Waals surface area (Å²) in [5.41, 5.74) is 1.72. The maximum absolute atomic E-state index is 3.69. The van der Waals surface area contributed by atoms with Gasteiger partial charge in [-0.25, -0.2) is 0 Å². The monoisotopic (exact) mass is 193 g/mol. The molecule has 0 radical (unpaired) electrons. The molecule has 2 aliphatic carbocycles. The van der Waals surface area contributed by atoms with E-state index in [1.807, 2.05) is 0 Å². The second-order valence-electron chi connectivity index (χ2n) is 4.75. The van der Waals surface area contributed by atoms with Crippen LogP contribution in [0, 0.1) is 5.92 Å². The Kier molecular flexibility index (Phi) is 3.63. The maximum Gasteiger partial charge on any atom is 0.0307 e. The summed E-state index contributed by atoms with van der Waals surface area (Å²) in [4.78, 5) is 0. The lowest BCUT2D eigenvalue weighted by Gasteiger charge is -2.37. The molecule has 0 aromatic carbocycles. The molecule has 1 saturated carbocycles. The van der Waals surface area contributed by atoms with Gasteiger partial charge in [-0.3, -0.25) is 0 Å². The normalized spacial score (nSPS) is 25.4. The molecule has 0 aromatic rings. The van der Waals surface area contributed by atoms with Crippen molar-refractivity contribution >= 4 is 0 Å². The molecule has 0 bridgehead atoms. The fourth-order valence-electron chi connectivity index (χ4n) is 2.74. The Bertz CT molecular complexity index is 203. The number of hydrogen-bond donors (Lipinski definition) is 1. The second kappa shape index (κ2) is 4.97. The Morgan fingerprint density at radius 2 is 2.21 bits per heavy atom. The highest BCUT2D eigenvalue weighted by atomic mass is 14.9.